The van der Waals surface area contributed by atoms with Crippen LogP contribution in [-0.4, -0.2) is 52.7 Å². The summed E-state index contributed by atoms with van der Waals surface area (Å²) in [7, 11) is 0. The molecule has 0 bridgehead atoms. The van der Waals surface area contributed by atoms with Gasteiger partial charge in [0.2, 0.25) is 0 Å². The van der Waals surface area contributed by atoms with Crippen molar-refractivity contribution in [3.8, 4) is 0 Å². The van der Waals surface area contributed by atoms with Crippen LogP contribution in [0.2, 0.25) is 0 Å². The van der Waals surface area contributed by atoms with Crippen LogP contribution >= 0.6 is 11.3 Å². The molecule has 1 aliphatic heterocycles. The molecule has 1 saturated heterocycles. The van der Waals surface area contributed by atoms with Gasteiger partial charge in [0.25, 0.3) is 5.91 Å². The fourth-order valence-electron chi connectivity index (χ4n) is 1.91. The first kappa shape index (κ1) is 13.0. The number of amides is 1. The first-order valence-electron chi connectivity index (χ1n) is 5.56. The minimum Gasteiger partial charge on any atom is -0.480 e. The van der Waals surface area contributed by atoms with Gasteiger partial charge < -0.3 is 14.7 Å². The van der Waals surface area contributed by atoms with Crippen LogP contribution in [0.4, 0.5) is 0 Å². The Morgan fingerprint density at radius 1 is 1.50 bits per heavy atom. The van der Waals surface area contributed by atoms with Crippen molar-refractivity contribution in [1.82, 2.24) is 9.88 Å². The zero-order valence-electron chi connectivity index (χ0n) is 10.2. The van der Waals surface area contributed by atoms with Gasteiger partial charge in [-0.15, -0.1) is 11.3 Å². The number of hydrogen-bond acceptors (Lipinski definition) is 5. The number of thiazole rings is 1. The number of aryl methyl sites for hydroxylation is 2. The van der Waals surface area contributed by atoms with E-state index in [0.717, 1.165) is 5.01 Å². The third-order valence-corrected chi connectivity index (χ3v) is 3.83. The van der Waals surface area contributed by atoms with Gasteiger partial charge in [0, 0.05) is 6.54 Å². The van der Waals surface area contributed by atoms with Gasteiger partial charge in [-0.1, -0.05) is 0 Å². The molecule has 18 heavy (non-hydrogen) atoms. The Hall–Kier alpha value is -1.47. The molecule has 98 valence electrons. The number of nitrogens with zero attached hydrogens (tertiary/aromatic N) is 2. The Balaban J connectivity index is 2.26. The van der Waals surface area contributed by atoms with E-state index in [1.807, 2.05) is 6.92 Å². The Morgan fingerprint density at radius 2 is 2.22 bits per heavy atom. The third kappa shape index (κ3) is 2.37. The van der Waals surface area contributed by atoms with Crippen molar-refractivity contribution in [2.45, 2.75) is 19.9 Å². The lowest BCUT2D eigenvalue weighted by atomic mass is 10.2. The fraction of sp³-hybridized carbons (Fsp3) is 0.545. The number of ether oxygens (including phenoxy) is 1. The second-order valence-electron chi connectivity index (χ2n) is 4.07. The minimum atomic E-state index is -1.04. The van der Waals surface area contributed by atoms with Crippen LogP contribution in [0.5, 0.6) is 0 Å². The molecule has 2 rings (SSSR count). The van der Waals surface area contributed by atoms with E-state index in [4.69, 9.17) is 9.84 Å². The first-order valence-corrected chi connectivity index (χ1v) is 6.38. The number of carboxylic acid groups (broad SMARTS) is 1. The molecule has 1 amide bonds. The average Bonchev–Trinajstić information content (AvgIpc) is 2.67. The quantitative estimate of drug-likeness (QED) is 0.855. The predicted molar refractivity (Wildman–Crippen MR) is 64.9 cm³/mol. The lowest BCUT2D eigenvalue weighted by Crippen LogP contribution is -2.52. The molecule has 0 saturated carbocycles. The SMILES string of the molecule is Cc1nc(C)c(C(=O)N2CCOCC2C(=O)O)s1. The molecule has 0 aromatic carbocycles. The Labute approximate surface area is 108 Å². The van der Waals surface area contributed by atoms with E-state index < -0.39 is 12.0 Å². The number of carbonyl (C=O) groups excluding carboxylic acids is 1. The number of aliphatic carboxylic acids is 1. The van der Waals surface area contributed by atoms with E-state index in [0.29, 0.717) is 23.7 Å². The lowest BCUT2D eigenvalue weighted by molar-refractivity contribution is -0.147. The molecule has 2 heterocycles. The highest BCUT2D eigenvalue weighted by Gasteiger charge is 2.34. The second-order valence-corrected chi connectivity index (χ2v) is 5.28. The van der Waals surface area contributed by atoms with E-state index in [-0.39, 0.29) is 12.5 Å². The van der Waals surface area contributed by atoms with Crippen molar-refractivity contribution in [2.75, 3.05) is 19.8 Å². The molecule has 1 aliphatic rings. The van der Waals surface area contributed by atoms with E-state index >= 15 is 0 Å². The molecule has 1 aromatic rings. The van der Waals surface area contributed by atoms with Crippen molar-refractivity contribution in [3.05, 3.63) is 15.6 Å². The molecule has 0 spiro atoms. The van der Waals surface area contributed by atoms with Crippen molar-refractivity contribution < 1.29 is 19.4 Å². The van der Waals surface area contributed by atoms with Gasteiger partial charge in [-0.25, -0.2) is 9.78 Å². The van der Waals surface area contributed by atoms with E-state index in [1.165, 1.54) is 16.2 Å². The Bertz CT molecular complexity index is 485. The maximum Gasteiger partial charge on any atom is 0.328 e. The topological polar surface area (TPSA) is 79.7 Å². The number of hydrogen-bond donors (Lipinski definition) is 1. The highest BCUT2D eigenvalue weighted by Crippen LogP contribution is 2.21. The highest BCUT2D eigenvalue weighted by atomic mass is 32.1. The zero-order chi connectivity index (χ0) is 13.3. The third-order valence-electron chi connectivity index (χ3n) is 2.77. The van der Waals surface area contributed by atoms with E-state index in [1.54, 1.807) is 6.92 Å². The van der Waals surface area contributed by atoms with Crippen molar-refractivity contribution in [3.63, 3.8) is 0 Å². The Morgan fingerprint density at radius 3 is 2.78 bits per heavy atom. The molecule has 7 heteroatoms. The molecule has 0 aliphatic carbocycles. The summed E-state index contributed by atoms with van der Waals surface area (Å²) in [6.07, 6.45) is 0. The molecule has 0 radical (unpaired) electrons. The normalized spacial score (nSPS) is 19.9. The van der Waals surface area contributed by atoms with Gasteiger partial charge in [0.1, 0.15) is 4.88 Å². The van der Waals surface area contributed by atoms with Crippen LogP contribution in [0.25, 0.3) is 0 Å². The Kier molecular flexibility index (Phi) is 3.63. The zero-order valence-corrected chi connectivity index (χ0v) is 11.0. The number of morpholine rings is 1. The molecule has 1 aromatic heterocycles. The van der Waals surface area contributed by atoms with Crippen LogP contribution in [0.3, 0.4) is 0 Å². The number of rotatable bonds is 2. The summed E-state index contributed by atoms with van der Waals surface area (Å²) in [5, 5.41) is 9.89. The van der Waals surface area contributed by atoms with Gasteiger partial charge >= 0.3 is 5.97 Å². The second kappa shape index (κ2) is 5.03. The summed E-state index contributed by atoms with van der Waals surface area (Å²) in [4.78, 5) is 29.5. The summed E-state index contributed by atoms with van der Waals surface area (Å²) in [5.41, 5.74) is 0.651. The summed E-state index contributed by atoms with van der Waals surface area (Å²) < 4.78 is 5.11. The molecule has 1 N–H and O–H groups in total. The number of aromatic nitrogens is 1. The average molecular weight is 270 g/mol. The van der Waals surface area contributed by atoms with E-state index in [2.05, 4.69) is 4.98 Å². The largest absolute Gasteiger partial charge is 0.480 e. The standard InChI is InChI=1S/C11H14N2O4S/c1-6-9(18-7(2)12-6)10(14)13-3-4-17-5-8(13)11(15)16/h8H,3-5H2,1-2H3,(H,15,16). The maximum absolute atomic E-state index is 12.3. The van der Waals surface area contributed by atoms with Gasteiger partial charge in [-0.3, -0.25) is 4.79 Å². The highest BCUT2D eigenvalue weighted by molar-refractivity contribution is 7.13. The smallest absolute Gasteiger partial charge is 0.328 e. The monoisotopic (exact) mass is 270 g/mol. The number of carboxylic acids is 1. The summed E-state index contributed by atoms with van der Waals surface area (Å²) in [6, 6.07) is -0.909. The van der Waals surface area contributed by atoms with Crippen molar-refractivity contribution in [1.29, 1.82) is 0 Å². The molecule has 1 unspecified atom stereocenters. The minimum absolute atomic E-state index is 0.0396. The van der Waals surface area contributed by atoms with Crippen molar-refractivity contribution in [2.24, 2.45) is 0 Å². The van der Waals surface area contributed by atoms with Crippen LogP contribution in [0.15, 0.2) is 0 Å². The molecule has 1 fully saturated rings. The number of carbonyl (C=O) groups is 2. The maximum atomic E-state index is 12.3. The van der Waals surface area contributed by atoms with E-state index in [9.17, 15) is 9.59 Å². The van der Waals surface area contributed by atoms with Gasteiger partial charge in [0.15, 0.2) is 6.04 Å². The van der Waals surface area contributed by atoms with Crippen LogP contribution in [0, 0.1) is 13.8 Å². The molecule has 1 atom stereocenters. The van der Waals surface area contributed by atoms with Crippen LogP contribution in [0.1, 0.15) is 20.4 Å². The van der Waals surface area contributed by atoms with Gasteiger partial charge in [0.05, 0.1) is 23.9 Å². The fourth-order valence-corrected chi connectivity index (χ4v) is 2.79. The molecular weight excluding hydrogens is 256 g/mol. The predicted octanol–water partition coefficient (Wildman–Crippen LogP) is 0.686. The summed E-state index contributed by atoms with van der Waals surface area (Å²) >= 11 is 1.29. The summed E-state index contributed by atoms with van der Waals surface area (Å²) in [6.45, 7) is 4.28. The van der Waals surface area contributed by atoms with Gasteiger partial charge in [-0.2, -0.15) is 0 Å². The lowest BCUT2D eigenvalue weighted by Gasteiger charge is -2.32. The summed E-state index contributed by atoms with van der Waals surface area (Å²) in [5.74, 6) is -1.31. The van der Waals surface area contributed by atoms with Crippen molar-refractivity contribution >= 4 is 23.2 Å². The van der Waals surface area contributed by atoms with Crippen LogP contribution < -0.4 is 0 Å². The first-order chi connectivity index (χ1) is 8.50. The van der Waals surface area contributed by atoms with Gasteiger partial charge in [-0.05, 0) is 13.8 Å². The molecular formula is C11H14N2O4S. The van der Waals surface area contributed by atoms with Crippen LogP contribution in [-0.2, 0) is 9.53 Å². The molecule has 6 nitrogen and oxygen atoms in total.